The number of amides is 1. The zero-order valence-electron chi connectivity index (χ0n) is 15.8. The molecular weight excluding hydrogens is 441 g/mol. The molecule has 144 valence electrons. The lowest BCUT2D eigenvalue weighted by atomic mass is 10.2. The van der Waals surface area contributed by atoms with Crippen LogP contribution in [0.3, 0.4) is 0 Å². The molecular formula is C19H30IN5O. The van der Waals surface area contributed by atoms with Crippen molar-refractivity contribution in [2.45, 2.75) is 39.3 Å². The van der Waals surface area contributed by atoms with Gasteiger partial charge in [0.2, 0.25) is 5.91 Å². The van der Waals surface area contributed by atoms with Crippen LogP contribution in [0.2, 0.25) is 0 Å². The molecule has 1 heterocycles. The fourth-order valence-corrected chi connectivity index (χ4v) is 2.70. The maximum absolute atomic E-state index is 11.6. The minimum atomic E-state index is 0. The number of hydrogen-bond acceptors (Lipinski definition) is 2. The molecule has 0 unspecified atom stereocenters. The minimum Gasteiger partial charge on any atom is -0.356 e. The SMILES string of the molecule is CN=C(NCCCn1ccc2ccccc21)NCCC(=O)NC(C)C.I. The molecule has 1 amide bonds. The monoisotopic (exact) mass is 471 g/mol. The number of guanidine groups is 1. The van der Waals surface area contributed by atoms with E-state index in [2.05, 4.69) is 62.0 Å². The average Bonchev–Trinajstić information content (AvgIpc) is 2.99. The number of aryl methyl sites for hydroxylation is 1. The van der Waals surface area contributed by atoms with E-state index in [4.69, 9.17) is 0 Å². The van der Waals surface area contributed by atoms with Gasteiger partial charge in [0.15, 0.2) is 5.96 Å². The Bertz CT molecular complexity index is 711. The number of nitrogens with one attached hydrogen (secondary N) is 3. The van der Waals surface area contributed by atoms with Gasteiger partial charge in [-0.15, -0.1) is 24.0 Å². The van der Waals surface area contributed by atoms with Crippen LogP contribution < -0.4 is 16.0 Å². The number of benzene rings is 1. The zero-order valence-corrected chi connectivity index (χ0v) is 18.1. The van der Waals surface area contributed by atoms with Crippen molar-refractivity contribution in [3.8, 4) is 0 Å². The molecule has 6 nitrogen and oxygen atoms in total. The highest BCUT2D eigenvalue weighted by atomic mass is 127. The highest BCUT2D eigenvalue weighted by molar-refractivity contribution is 14.0. The van der Waals surface area contributed by atoms with Gasteiger partial charge in [-0.1, -0.05) is 18.2 Å². The first kappa shape index (κ1) is 22.3. The van der Waals surface area contributed by atoms with Crippen LogP contribution in [-0.4, -0.2) is 42.6 Å². The van der Waals surface area contributed by atoms with Crippen molar-refractivity contribution in [3.05, 3.63) is 36.5 Å². The molecule has 1 aromatic heterocycles. The normalized spacial score (nSPS) is 11.3. The molecule has 0 bridgehead atoms. The Morgan fingerprint density at radius 2 is 1.88 bits per heavy atom. The van der Waals surface area contributed by atoms with Crippen molar-refractivity contribution in [2.24, 2.45) is 4.99 Å². The van der Waals surface area contributed by atoms with Crippen molar-refractivity contribution in [3.63, 3.8) is 0 Å². The van der Waals surface area contributed by atoms with E-state index in [1.54, 1.807) is 7.05 Å². The van der Waals surface area contributed by atoms with Gasteiger partial charge in [0.25, 0.3) is 0 Å². The van der Waals surface area contributed by atoms with Crippen molar-refractivity contribution in [2.75, 3.05) is 20.1 Å². The number of fused-ring (bicyclic) bond motifs is 1. The number of carbonyl (C=O) groups is 1. The molecule has 3 N–H and O–H groups in total. The van der Waals surface area contributed by atoms with Gasteiger partial charge in [0.05, 0.1) is 0 Å². The van der Waals surface area contributed by atoms with E-state index in [-0.39, 0.29) is 35.9 Å². The molecule has 0 aliphatic heterocycles. The number of aromatic nitrogens is 1. The highest BCUT2D eigenvalue weighted by Gasteiger charge is 2.04. The molecule has 7 heteroatoms. The van der Waals surface area contributed by atoms with E-state index in [0.717, 1.165) is 25.5 Å². The van der Waals surface area contributed by atoms with E-state index in [1.165, 1.54) is 10.9 Å². The third kappa shape index (κ3) is 7.23. The van der Waals surface area contributed by atoms with Crippen LogP contribution in [0.5, 0.6) is 0 Å². The third-order valence-electron chi connectivity index (χ3n) is 3.87. The van der Waals surface area contributed by atoms with E-state index < -0.39 is 0 Å². The lowest BCUT2D eigenvalue weighted by Crippen LogP contribution is -2.40. The van der Waals surface area contributed by atoms with E-state index in [9.17, 15) is 4.79 Å². The fourth-order valence-electron chi connectivity index (χ4n) is 2.70. The molecule has 0 spiro atoms. The standard InChI is InChI=1S/C19H29N5O.HI/c1-15(2)23-18(25)9-12-22-19(20-3)21-11-6-13-24-14-10-16-7-4-5-8-17(16)24;/h4-5,7-8,10,14-15H,6,9,11-13H2,1-3H3,(H,23,25)(H2,20,21,22);1H. The Labute approximate surface area is 172 Å². The first-order valence-corrected chi connectivity index (χ1v) is 8.88. The van der Waals surface area contributed by atoms with Gasteiger partial charge in [-0.3, -0.25) is 9.79 Å². The maximum atomic E-state index is 11.6. The Kier molecular flexibility index (Phi) is 10.1. The Balaban J connectivity index is 0.00000338. The summed E-state index contributed by atoms with van der Waals surface area (Å²) in [5.41, 5.74) is 1.26. The smallest absolute Gasteiger partial charge is 0.221 e. The van der Waals surface area contributed by atoms with Crippen LogP contribution in [0.1, 0.15) is 26.7 Å². The van der Waals surface area contributed by atoms with Crippen LogP contribution in [0, 0.1) is 0 Å². The molecule has 1 aromatic carbocycles. The second kappa shape index (κ2) is 11.8. The summed E-state index contributed by atoms with van der Waals surface area (Å²) >= 11 is 0. The lowest BCUT2D eigenvalue weighted by molar-refractivity contribution is -0.121. The Morgan fingerprint density at radius 3 is 2.62 bits per heavy atom. The van der Waals surface area contributed by atoms with Crippen molar-refractivity contribution < 1.29 is 4.79 Å². The summed E-state index contributed by atoms with van der Waals surface area (Å²) in [6, 6.07) is 10.7. The predicted molar refractivity (Wildman–Crippen MR) is 119 cm³/mol. The molecule has 2 aromatic rings. The Morgan fingerprint density at radius 1 is 1.15 bits per heavy atom. The van der Waals surface area contributed by atoms with E-state index >= 15 is 0 Å². The molecule has 0 aliphatic rings. The van der Waals surface area contributed by atoms with Crippen molar-refractivity contribution in [1.29, 1.82) is 0 Å². The first-order chi connectivity index (χ1) is 12.1. The number of hydrogen-bond donors (Lipinski definition) is 3. The molecule has 2 rings (SSSR count). The molecule has 0 radical (unpaired) electrons. The van der Waals surface area contributed by atoms with Gasteiger partial charge in [-0.25, -0.2) is 0 Å². The van der Waals surface area contributed by atoms with Crippen LogP contribution in [-0.2, 0) is 11.3 Å². The van der Waals surface area contributed by atoms with Gasteiger partial charge >= 0.3 is 0 Å². The highest BCUT2D eigenvalue weighted by Crippen LogP contribution is 2.15. The molecule has 0 aliphatic carbocycles. The van der Waals surface area contributed by atoms with Crippen LogP contribution in [0.15, 0.2) is 41.5 Å². The number of para-hydroxylation sites is 1. The van der Waals surface area contributed by atoms with Crippen LogP contribution in [0.4, 0.5) is 0 Å². The molecule has 0 saturated heterocycles. The second-order valence-electron chi connectivity index (χ2n) is 6.32. The summed E-state index contributed by atoms with van der Waals surface area (Å²) in [6.45, 7) is 6.26. The summed E-state index contributed by atoms with van der Waals surface area (Å²) in [6.07, 6.45) is 3.56. The van der Waals surface area contributed by atoms with Crippen LogP contribution in [0.25, 0.3) is 10.9 Å². The molecule has 0 atom stereocenters. The molecule has 0 saturated carbocycles. The van der Waals surface area contributed by atoms with Gasteiger partial charge in [-0.05, 0) is 37.8 Å². The van der Waals surface area contributed by atoms with E-state index in [0.29, 0.717) is 13.0 Å². The average molecular weight is 471 g/mol. The number of nitrogens with zero attached hydrogens (tertiary/aromatic N) is 2. The lowest BCUT2D eigenvalue weighted by Gasteiger charge is -2.13. The summed E-state index contributed by atoms with van der Waals surface area (Å²) in [5, 5.41) is 10.6. The van der Waals surface area contributed by atoms with E-state index in [1.807, 2.05) is 13.8 Å². The van der Waals surface area contributed by atoms with Crippen molar-refractivity contribution in [1.82, 2.24) is 20.5 Å². The summed E-state index contributed by atoms with van der Waals surface area (Å²) in [5.74, 6) is 0.784. The number of carbonyl (C=O) groups excluding carboxylic acids is 1. The predicted octanol–water partition coefficient (Wildman–Crippen LogP) is 2.73. The van der Waals surface area contributed by atoms with Gasteiger partial charge in [0, 0.05) is 50.9 Å². The van der Waals surface area contributed by atoms with Crippen LogP contribution >= 0.6 is 24.0 Å². The quantitative estimate of drug-likeness (QED) is 0.240. The van der Waals surface area contributed by atoms with Gasteiger partial charge in [-0.2, -0.15) is 0 Å². The van der Waals surface area contributed by atoms with Crippen molar-refractivity contribution >= 4 is 46.7 Å². The fraction of sp³-hybridized carbons (Fsp3) is 0.474. The maximum Gasteiger partial charge on any atom is 0.221 e. The molecule has 26 heavy (non-hydrogen) atoms. The number of aliphatic imine (C=N–C) groups is 1. The summed E-state index contributed by atoms with van der Waals surface area (Å²) in [7, 11) is 1.74. The topological polar surface area (TPSA) is 70.5 Å². The second-order valence-corrected chi connectivity index (χ2v) is 6.32. The molecule has 0 fully saturated rings. The zero-order chi connectivity index (χ0) is 18.1. The number of halogens is 1. The van der Waals surface area contributed by atoms with Gasteiger partial charge < -0.3 is 20.5 Å². The summed E-state index contributed by atoms with van der Waals surface area (Å²) in [4.78, 5) is 15.8. The minimum absolute atomic E-state index is 0. The first-order valence-electron chi connectivity index (χ1n) is 8.88. The number of rotatable bonds is 8. The third-order valence-corrected chi connectivity index (χ3v) is 3.87. The largest absolute Gasteiger partial charge is 0.356 e. The summed E-state index contributed by atoms with van der Waals surface area (Å²) < 4.78 is 2.27. The van der Waals surface area contributed by atoms with Gasteiger partial charge in [0.1, 0.15) is 0 Å². The Hall–Kier alpha value is -1.77.